The highest BCUT2D eigenvalue weighted by Crippen LogP contribution is 2.17. The number of carbonyl (C=O) groups is 2. The molecule has 0 spiro atoms. The van der Waals surface area contributed by atoms with E-state index in [0.29, 0.717) is 11.5 Å². The van der Waals surface area contributed by atoms with Gasteiger partial charge in [0.25, 0.3) is 5.91 Å². The smallest absolute Gasteiger partial charge is 0.308 e. The predicted molar refractivity (Wildman–Crippen MR) is 94.6 cm³/mol. The summed E-state index contributed by atoms with van der Waals surface area (Å²) in [5, 5.41) is 16.6. The lowest BCUT2D eigenvalue weighted by Gasteiger charge is -2.05. The van der Waals surface area contributed by atoms with Gasteiger partial charge in [0.05, 0.1) is 0 Å². The monoisotopic (exact) mass is 400 g/mol. The first-order valence-electron chi connectivity index (χ1n) is 7.30. The standard InChI is InChI=1S/C16H13BrN6O2/c17-12-8-6-11(7-9-12)15-20-22-23(21-15)10-14(24)19-16(25)18-13-4-2-1-3-5-13/h1-9H,10H2,(H2,18,19,24,25). The summed E-state index contributed by atoms with van der Waals surface area (Å²) in [5.74, 6) is -0.151. The van der Waals surface area contributed by atoms with Crippen molar-refractivity contribution >= 4 is 33.6 Å². The van der Waals surface area contributed by atoms with Gasteiger partial charge in [-0.2, -0.15) is 4.80 Å². The van der Waals surface area contributed by atoms with Crippen molar-refractivity contribution in [3.63, 3.8) is 0 Å². The van der Waals surface area contributed by atoms with Crippen molar-refractivity contribution in [2.45, 2.75) is 6.54 Å². The van der Waals surface area contributed by atoms with Gasteiger partial charge < -0.3 is 5.32 Å². The Morgan fingerprint density at radius 2 is 1.76 bits per heavy atom. The molecule has 3 rings (SSSR count). The first kappa shape index (κ1) is 16.8. The molecule has 1 heterocycles. The van der Waals surface area contributed by atoms with Gasteiger partial charge in [0.2, 0.25) is 5.82 Å². The fraction of sp³-hybridized carbons (Fsp3) is 0.0625. The molecule has 3 aromatic rings. The summed E-state index contributed by atoms with van der Waals surface area (Å²) < 4.78 is 0.937. The second kappa shape index (κ2) is 7.67. The fourth-order valence-corrected chi connectivity index (χ4v) is 2.27. The number of nitrogens with one attached hydrogen (secondary N) is 2. The highest BCUT2D eigenvalue weighted by atomic mass is 79.9. The number of aromatic nitrogens is 4. The van der Waals surface area contributed by atoms with E-state index in [0.717, 1.165) is 14.8 Å². The van der Waals surface area contributed by atoms with Crippen LogP contribution in [-0.2, 0) is 11.3 Å². The van der Waals surface area contributed by atoms with Gasteiger partial charge in [-0.15, -0.1) is 10.2 Å². The van der Waals surface area contributed by atoms with Crippen molar-refractivity contribution in [2.24, 2.45) is 0 Å². The molecule has 8 nitrogen and oxygen atoms in total. The number of para-hydroxylation sites is 1. The van der Waals surface area contributed by atoms with Crippen LogP contribution in [0.2, 0.25) is 0 Å². The SMILES string of the molecule is O=C(Cn1nnc(-c2ccc(Br)cc2)n1)NC(=O)Nc1ccccc1. The fourth-order valence-electron chi connectivity index (χ4n) is 2.00. The molecule has 0 saturated heterocycles. The van der Waals surface area contributed by atoms with Gasteiger partial charge in [-0.1, -0.05) is 34.1 Å². The molecule has 2 aromatic carbocycles. The minimum absolute atomic E-state index is 0.217. The van der Waals surface area contributed by atoms with Crippen LogP contribution in [0.5, 0.6) is 0 Å². The third-order valence-electron chi connectivity index (χ3n) is 3.12. The van der Waals surface area contributed by atoms with E-state index in [1.807, 2.05) is 30.3 Å². The number of halogens is 1. The molecule has 0 bridgehead atoms. The zero-order valence-electron chi connectivity index (χ0n) is 12.9. The first-order chi connectivity index (χ1) is 12.1. The quantitative estimate of drug-likeness (QED) is 0.700. The normalized spacial score (nSPS) is 10.3. The number of nitrogens with zero attached hydrogens (tertiary/aromatic N) is 4. The summed E-state index contributed by atoms with van der Waals surface area (Å²) in [4.78, 5) is 24.8. The molecule has 0 aliphatic rings. The molecule has 0 atom stereocenters. The molecule has 3 amide bonds. The van der Waals surface area contributed by atoms with E-state index in [1.165, 1.54) is 0 Å². The van der Waals surface area contributed by atoms with Crippen molar-refractivity contribution in [2.75, 3.05) is 5.32 Å². The third kappa shape index (κ3) is 4.70. The van der Waals surface area contributed by atoms with Gasteiger partial charge in [-0.25, -0.2) is 4.79 Å². The molecule has 1 aromatic heterocycles. The largest absolute Gasteiger partial charge is 0.325 e. The second-order valence-corrected chi connectivity index (χ2v) is 5.93. The third-order valence-corrected chi connectivity index (χ3v) is 3.65. The predicted octanol–water partition coefficient (Wildman–Crippen LogP) is 2.45. The van der Waals surface area contributed by atoms with Crippen LogP contribution < -0.4 is 10.6 Å². The molecule has 0 saturated carbocycles. The van der Waals surface area contributed by atoms with Gasteiger partial charge in [0.15, 0.2) is 0 Å². The number of urea groups is 1. The molecule has 0 unspecified atom stereocenters. The van der Waals surface area contributed by atoms with E-state index in [9.17, 15) is 9.59 Å². The van der Waals surface area contributed by atoms with Crippen molar-refractivity contribution in [3.05, 3.63) is 59.1 Å². The van der Waals surface area contributed by atoms with Gasteiger partial charge >= 0.3 is 6.03 Å². The Morgan fingerprint density at radius 1 is 1.04 bits per heavy atom. The highest BCUT2D eigenvalue weighted by molar-refractivity contribution is 9.10. The Balaban J connectivity index is 1.56. The zero-order chi connectivity index (χ0) is 17.6. The maximum absolute atomic E-state index is 11.9. The number of anilines is 1. The van der Waals surface area contributed by atoms with Crippen LogP contribution in [0.25, 0.3) is 11.4 Å². The van der Waals surface area contributed by atoms with E-state index in [4.69, 9.17) is 0 Å². The summed E-state index contributed by atoms with van der Waals surface area (Å²) in [7, 11) is 0. The minimum Gasteiger partial charge on any atom is -0.308 e. The van der Waals surface area contributed by atoms with Crippen LogP contribution in [0.1, 0.15) is 0 Å². The lowest BCUT2D eigenvalue weighted by atomic mass is 10.2. The average molecular weight is 401 g/mol. The van der Waals surface area contributed by atoms with Crippen molar-refractivity contribution in [3.8, 4) is 11.4 Å². The zero-order valence-corrected chi connectivity index (χ0v) is 14.5. The van der Waals surface area contributed by atoms with E-state index in [1.54, 1.807) is 24.3 Å². The summed E-state index contributed by atoms with van der Waals surface area (Å²) in [6, 6.07) is 15.6. The van der Waals surface area contributed by atoms with Crippen molar-refractivity contribution in [1.29, 1.82) is 0 Å². The Morgan fingerprint density at radius 3 is 2.48 bits per heavy atom. The molecular formula is C16H13BrN6O2. The van der Waals surface area contributed by atoms with E-state index in [2.05, 4.69) is 42.0 Å². The lowest BCUT2D eigenvalue weighted by molar-refractivity contribution is -0.120. The van der Waals surface area contributed by atoms with E-state index < -0.39 is 11.9 Å². The number of rotatable bonds is 4. The van der Waals surface area contributed by atoms with Crippen LogP contribution in [0, 0.1) is 0 Å². The summed E-state index contributed by atoms with van der Waals surface area (Å²) in [6.45, 7) is -0.217. The van der Waals surface area contributed by atoms with Gasteiger partial charge in [0, 0.05) is 15.7 Å². The van der Waals surface area contributed by atoms with Crippen molar-refractivity contribution < 1.29 is 9.59 Å². The highest BCUT2D eigenvalue weighted by Gasteiger charge is 2.12. The number of hydrogen-bond donors (Lipinski definition) is 2. The second-order valence-electron chi connectivity index (χ2n) is 5.02. The van der Waals surface area contributed by atoms with Gasteiger partial charge in [-0.3, -0.25) is 10.1 Å². The molecule has 2 N–H and O–H groups in total. The van der Waals surface area contributed by atoms with Crippen LogP contribution in [0.15, 0.2) is 59.1 Å². The average Bonchev–Trinajstić information content (AvgIpc) is 3.04. The van der Waals surface area contributed by atoms with Gasteiger partial charge in [0.1, 0.15) is 6.54 Å². The van der Waals surface area contributed by atoms with Crippen LogP contribution in [0.4, 0.5) is 10.5 Å². The number of carbonyl (C=O) groups excluding carboxylic acids is 2. The number of imide groups is 1. The summed E-state index contributed by atoms with van der Waals surface area (Å²) >= 11 is 3.35. The number of tetrazole rings is 1. The van der Waals surface area contributed by atoms with E-state index in [-0.39, 0.29) is 6.54 Å². The molecule has 126 valence electrons. The lowest BCUT2D eigenvalue weighted by Crippen LogP contribution is -2.37. The van der Waals surface area contributed by atoms with Gasteiger partial charge in [-0.05, 0) is 41.6 Å². The molecule has 0 aliphatic carbocycles. The Labute approximate surface area is 151 Å². The number of benzene rings is 2. The molecule has 9 heteroatoms. The van der Waals surface area contributed by atoms with Crippen molar-refractivity contribution in [1.82, 2.24) is 25.5 Å². The maximum Gasteiger partial charge on any atom is 0.325 e. The summed E-state index contributed by atoms with van der Waals surface area (Å²) in [6.07, 6.45) is 0. The first-order valence-corrected chi connectivity index (χ1v) is 8.09. The number of hydrogen-bond acceptors (Lipinski definition) is 5. The van der Waals surface area contributed by atoms with E-state index >= 15 is 0 Å². The summed E-state index contributed by atoms with van der Waals surface area (Å²) in [5.41, 5.74) is 1.36. The Hall–Kier alpha value is -3.07. The number of amides is 3. The topological polar surface area (TPSA) is 102 Å². The molecule has 0 radical (unpaired) electrons. The minimum atomic E-state index is -0.621. The molecular weight excluding hydrogens is 388 g/mol. The Kier molecular flexibility index (Phi) is 5.14. The maximum atomic E-state index is 11.9. The van der Waals surface area contributed by atoms with Crippen LogP contribution in [0.3, 0.4) is 0 Å². The molecule has 0 fully saturated rings. The van der Waals surface area contributed by atoms with Crippen LogP contribution >= 0.6 is 15.9 Å². The molecule has 25 heavy (non-hydrogen) atoms. The molecule has 0 aliphatic heterocycles. The van der Waals surface area contributed by atoms with Crippen LogP contribution in [-0.4, -0.2) is 32.1 Å². The Bertz CT molecular complexity index is 879.